The topological polar surface area (TPSA) is 135 Å². The number of anilines is 2. The maximum atomic E-state index is 13.3. The lowest BCUT2D eigenvalue weighted by Gasteiger charge is -2.15. The van der Waals surface area contributed by atoms with Crippen molar-refractivity contribution in [1.29, 1.82) is 0 Å². The average Bonchev–Trinajstić information content (AvgIpc) is 3.33. The van der Waals surface area contributed by atoms with E-state index < -0.39 is 28.1 Å². The second kappa shape index (κ2) is 12.7. The van der Waals surface area contributed by atoms with Crippen LogP contribution in [0.5, 0.6) is 0 Å². The van der Waals surface area contributed by atoms with E-state index in [1.165, 1.54) is 18.4 Å². The fourth-order valence-electron chi connectivity index (χ4n) is 4.04. The molecule has 1 amide bonds. The maximum Gasteiger partial charge on any atom is 0.357 e. The Labute approximate surface area is 230 Å². The summed E-state index contributed by atoms with van der Waals surface area (Å²) < 4.78 is 38.9. The molecule has 202 valence electrons. The lowest BCUT2D eigenvalue weighted by Crippen LogP contribution is -2.32. The highest BCUT2D eigenvalue weighted by atomic mass is 32.2. The number of hydrogen-bond donors (Lipinski definition) is 3. The SMILES string of the molecule is COC(=O)[C@@H](Cc1ccccc1)C(=O)Nc1sc(CCc2ccccc2NS(=O)(=O)O)nc1-c1ccccc1. The molecule has 1 aromatic heterocycles. The van der Waals surface area contributed by atoms with E-state index in [0.29, 0.717) is 34.1 Å². The monoisotopic (exact) mass is 565 g/mol. The zero-order chi connectivity index (χ0) is 27.8. The van der Waals surface area contributed by atoms with Gasteiger partial charge in [0.1, 0.15) is 16.6 Å². The van der Waals surface area contributed by atoms with Crippen molar-refractivity contribution in [1.82, 2.24) is 4.98 Å². The van der Waals surface area contributed by atoms with Crippen molar-refractivity contribution in [3.63, 3.8) is 0 Å². The van der Waals surface area contributed by atoms with Crippen molar-refractivity contribution >= 4 is 44.2 Å². The summed E-state index contributed by atoms with van der Waals surface area (Å²) in [7, 11) is -3.17. The third-order valence-corrected chi connectivity index (χ3v) is 7.41. The molecule has 3 aromatic carbocycles. The molecule has 0 aliphatic carbocycles. The molecule has 0 fully saturated rings. The van der Waals surface area contributed by atoms with E-state index >= 15 is 0 Å². The van der Waals surface area contributed by atoms with Crippen LogP contribution in [0.25, 0.3) is 11.3 Å². The molecule has 3 N–H and O–H groups in total. The molecule has 1 heterocycles. The maximum absolute atomic E-state index is 13.3. The fourth-order valence-corrected chi connectivity index (χ4v) is 5.51. The molecule has 0 saturated heterocycles. The number of aromatic nitrogens is 1. The minimum Gasteiger partial charge on any atom is -0.468 e. The number of rotatable bonds is 11. The van der Waals surface area contributed by atoms with Gasteiger partial charge in [0.25, 0.3) is 0 Å². The molecule has 4 aromatic rings. The zero-order valence-electron chi connectivity index (χ0n) is 21.0. The summed E-state index contributed by atoms with van der Waals surface area (Å²) in [6.45, 7) is 0. The van der Waals surface area contributed by atoms with Crippen LogP contribution in [0.1, 0.15) is 16.1 Å². The van der Waals surface area contributed by atoms with E-state index in [4.69, 9.17) is 9.72 Å². The summed E-state index contributed by atoms with van der Waals surface area (Å²) in [4.78, 5) is 30.6. The van der Waals surface area contributed by atoms with Gasteiger partial charge in [-0.05, 0) is 30.0 Å². The fraction of sp³-hybridized carbons (Fsp3) is 0.179. The van der Waals surface area contributed by atoms with E-state index in [1.54, 1.807) is 24.3 Å². The normalized spacial score (nSPS) is 11.9. The third kappa shape index (κ3) is 7.73. The van der Waals surface area contributed by atoms with Gasteiger partial charge in [0.15, 0.2) is 0 Å². The Kier molecular flexibility index (Phi) is 9.07. The standard InChI is InChI=1S/C28H27N3O6S2/c1-37-28(33)22(18-19-10-4-2-5-11-19)26(32)30-27-25(21-13-6-3-7-14-21)29-24(38-27)17-16-20-12-8-9-15-23(20)31-39(34,35)36/h2-15,22,31H,16-18H2,1H3,(H,30,32)(H,34,35,36)/t22-/m0/s1. The Morgan fingerprint density at radius 3 is 2.26 bits per heavy atom. The number of hydrogen-bond acceptors (Lipinski definition) is 7. The molecular weight excluding hydrogens is 538 g/mol. The number of para-hydroxylation sites is 1. The Bertz CT molecular complexity index is 1540. The Morgan fingerprint density at radius 1 is 0.949 bits per heavy atom. The quantitative estimate of drug-likeness (QED) is 0.135. The van der Waals surface area contributed by atoms with Crippen molar-refractivity contribution in [3.05, 3.63) is 101 Å². The van der Waals surface area contributed by atoms with Crippen LogP contribution in [0.2, 0.25) is 0 Å². The van der Waals surface area contributed by atoms with Crippen LogP contribution >= 0.6 is 11.3 Å². The van der Waals surface area contributed by atoms with E-state index in [9.17, 15) is 22.6 Å². The first-order valence-electron chi connectivity index (χ1n) is 12.0. The minimum absolute atomic E-state index is 0.184. The van der Waals surface area contributed by atoms with E-state index in [-0.39, 0.29) is 12.1 Å². The third-order valence-electron chi connectivity index (χ3n) is 5.90. The second-order valence-corrected chi connectivity index (χ2v) is 10.9. The van der Waals surface area contributed by atoms with E-state index in [2.05, 4.69) is 10.0 Å². The molecule has 9 nitrogen and oxygen atoms in total. The second-order valence-electron chi connectivity index (χ2n) is 8.64. The number of carbonyl (C=O) groups excluding carboxylic acids is 2. The molecule has 0 aliphatic rings. The molecular formula is C28H27N3O6S2. The summed E-state index contributed by atoms with van der Waals surface area (Å²) >= 11 is 1.28. The van der Waals surface area contributed by atoms with Crippen LogP contribution < -0.4 is 10.0 Å². The Morgan fingerprint density at radius 2 is 1.59 bits per heavy atom. The van der Waals surface area contributed by atoms with Crippen molar-refractivity contribution in [2.45, 2.75) is 19.3 Å². The van der Waals surface area contributed by atoms with Crippen LogP contribution in [0.3, 0.4) is 0 Å². The van der Waals surface area contributed by atoms with Gasteiger partial charge in [-0.3, -0.25) is 18.9 Å². The molecule has 0 unspecified atom stereocenters. The molecule has 0 aliphatic heterocycles. The van der Waals surface area contributed by atoms with Gasteiger partial charge in [-0.25, -0.2) is 4.98 Å². The summed E-state index contributed by atoms with van der Waals surface area (Å²) in [6, 6.07) is 25.3. The van der Waals surface area contributed by atoms with E-state index in [0.717, 1.165) is 11.1 Å². The number of amides is 1. The number of ether oxygens (including phenoxy) is 1. The van der Waals surface area contributed by atoms with Crippen molar-refractivity contribution < 1.29 is 27.3 Å². The molecule has 4 rings (SSSR count). The van der Waals surface area contributed by atoms with Crippen molar-refractivity contribution in [2.24, 2.45) is 5.92 Å². The van der Waals surface area contributed by atoms with Gasteiger partial charge in [-0.1, -0.05) is 78.9 Å². The lowest BCUT2D eigenvalue weighted by molar-refractivity contribution is -0.148. The van der Waals surface area contributed by atoms with Crippen LogP contribution in [-0.4, -0.2) is 36.9 Å². The number of thiazole rings is 1. The first-order chi connectivity index (χ1) is 18.7. The van der Waals surface area contributed by atoms with Gasteiger partial charge in [-0.15, -0.1) is 11.3 Å². The molecule has 11 heteroatoms. The van der Waals surface area contributed by atoms with Gasteiger partial charge in [0, 0.05) is 12.0 Å². The highest BCUT2D eigenvalue weighted by Gasteiger charge is 2.29. The Hall–Kier alpha value is -4.06. The highest BCUT2D eigenvalue weighted by molar-refractivity contribution is 7.87. The van der Waals surface area contributed by atoms with Gasteiger partial charge < -0.3 is 10.1 Å². The number of nitrogens with one attached hydrogen (secondary N) is 2. The number of methoxy groups -OCH3 is 1. The minimum atomic E-state index is -4.42. The van der Waals surface area contributed by atoms with Crippen molar-refractivity contribution in [2.75, 3.05) is 17.1 Å². The molecule has 0 bridgehead atoms. The molecule has 39 heavy (non-hydrogen) atoms. The predicted molar refractivity (Wildman–Crippen MR) is 151 cm³/mol. The number of nitrogens with zero attached hydrogens (tertiary/aromatic N) is 1. The number of benzene rings is 3. The first kappa shape index (κ1) is 28.0. The van der Waals surface area contributed by atoms with Gasteiger partial charge in [0.2, 0.25) is 5.91 Å². The molecule has 0 radical (unpaired) electrons. The van der Waals surface area contributed by atoms with Gasteiger partial charge >= 0.3 is 16.3 Å². The van der Waals surface area contributed by atoms with Gasteiger partial charge in [0.05, 0.1) is 17.8 Å². The number of carbonyl (C=O) groups is 2. The molecule has 1 atom stereocenters. The summed E-state index contributed by atoms with van der Waals surface area (Å²) in [5.74, 6) is -2.18. The number of esters is 1. The van der Waals surface area contributed by atoms with Gasteiger partial charge in [-0.2, -0.15) is 8.42 Å². The highest BCUT2D eigenvalue weighted by Crippen LogP contribution is 2.34. The first-order valence-corrected chi connectivity index (χ1v) is 14.3. The average molecular weight is 566 g/mol. The smallest absolute Gasteiger partial charge is 0.357 e. The lowest BCUT2D eigenvalue weighted by atomic mass is 9.98. The van der Waals surface area contributed by atoms with Crippen LogP contribution in [-0.2, 0) is 43.9 Å². The van der Waals surface area contributed by atoms with E-state index in [1.807, 2.05) is 60.7 Å². The summed E-state index contributed by atoms with van der Waals surface area (Å²) in [5.41, 5.74) is 3.13. The Balaban J connectivity index is 1.59. The van der Waals surface area contributed by atoms with Crippen LogP contribution in [0.4, 0.5) is 10.7 Å². The predicted octanol–water partition coefficient (Wildman–Crippen LogP) is 4.78. The molecule has 0 spiro atoms. The summed E-state index contributed by atoms with van der Waals surface area (Å²) in [6.07, 6.45) is 1.05. The zero-order valence-corrected chi connectivity index (χ0v) is 22.7. The van der Waals surface area contributed by atoms with Crippen LogP contribution in [0.15, 0.2) is 84.9 Å². The summed E-state index contributed by atoms with van der Waals surface area (Å²) in [5, 5.41) is 4.09. The van der Waals surface area contributed by atoms with Crippen LogP contribution in [0, 0.1) is 5.92 Å². The largest absolute Gasteiger partial charge is 0.468 e. The number of aryl methyl sites for hydroxylation is 2. The van der Waals surface area contributed by atoms with Crippen molar-refractivity contribution in [3.8, 4) is 11.3 Å². The molecule has 0 saturated carbocycles.